The summed E-state index contributed by atoms with van der Waals surface area (Å²) in [7, 11) is 0. The highest BCUT2D eigenvalue weighted by atomic mass is 32.2. The lowest BCUT2D eigenvalue weighted by Gasteiger charge is -2.02. The minimum Gasteiger partial charge on any atom is -0.396 e. The summed E-state index contributed by atoms with van der Waals surface area (Å²) < 4.78 is 0. The van der Waals surface area contributed by atoms with Crippen LogP contribution in [0.25, 0.3) is 0 Å². The first-order valence-corrected chi connectivity index (χ1v) is 5.22. The van der Waals surface area contributed by atoms with Gasteiger partial charge in [-0.3, -0.25) is 0 Å². The molecule has 0 aromatic carbocycles. The van der Waals surface area contributed by atoms with E-state index in [1.807, 2.05) is 6.07 Å². The molecule has 0 amide bonds. The van der Waals surface area contributed by atoms with Gasteiger partial charge in [0.1, 0.15) is 11.1 Å². The average molecular weight is 229 g/mol. The van der Waals surface area contributed by atoms with Crippen LogP contribution in [0.1, 0.15) is 5.56 Å². The Bertz CT molecular complexity index is 535. The van der Waals surface area contributed by atoms with Crippen molar-refractivity contribution in [3.05, 3.63) is 36.3 Å². The summed E-state index contributed by atoms with van der Waals surface area (Å²) in [5, 5.41) is 9.84. The minimum atomic E-state index is 0.441. The van der Waals surface area contributed by atoms with Crippen molar-refractivity contribution in [1.82, 2.24) is 15.0 Å². The van der Waals surface area contributed by atoms with E-state index in [-0.39, 0.29) is 0 Å². The molecule has 0 fully saturated rings. The molecule has 16 heavy (non-hydrogen) atoms. The molecule has 6 heteroatoms. The number of anilines is 1. The lowest BCUT2D eigenvalue weighted by Crippen LogP contribution is -1.94. The third-order valence-corrected chi connectivity index (χ3v) is 2.67. The molecule has 0 aliphatic rings. The normalized spacial score (nSPS) is 9.69. The van der Waals surface area contributed by atoms with Crippen LogP contribution < -0.4 is 5.73 Å². The second-order valence-electron chi connectivity index (χ2n) is 2.86. The zero-order valence-corrected chi connectivity index (χ0v) is 8.98. The molecule has 0 spiro atoms. The zero-order chi connectivity index (χ0) is 11.4. The number of nitriles is 1. The smallest absolute Gasteiger partial charge is 0.193 e. The standard InChI is InChI=1S/C10H7N5S/c11-5-7-4-8(12)9(15-6-7)16-10-13-2-1-3-14-10/h1-4,6H,12H2. The Balaban J connectivity index is 2.27. The molecule has 0 saturated carbocycles. The van der Waals surface area contributed by atoms with Crippen LogP contribution >= 0.6 is 11.8 Å². The SMILES string of the molecule is N#Cc1cnc(Sc2ncccn2)c(N)c1. The molecule has 2 aromatic rings. The number of rotatable bonds is 2. The molecule has 2 aromatic heterocycles. The average Bonchev–Trinajstić information content (AvgIpc) is 2.33. The van der Waals surface area contributed by atoms with Crippen molar-refractivity contribution in [3.63, 3.8) is 0 Å². The maximum atomic E-state index is 8.67. The van der Waals surface area contributed by atoms with E-state index in [0.29, 0.717) is 21.4 Å². The number of nitrogens with zero attached hydrogens (tertiary/aromatic N) is 4. The molecule has 5 nitrogen and oxygen atoms in total. The summed E-state index contributed by atoms with van der Waals surface area (Å²) in [5.74, 6) is 0. The van der Waals surface area contributed by atoms with E-state index < -0.39 is 0 Å². The Morgan fingerprint density at radius 1 is 1.25 bits per heavy atom. The van der Waals surface area contributed by atoms with Crippen molar-refractivity contribution in [2.75, 3.05) is 5.73 Å². The molecule has 0 bridgehead atoms. The van der Waals surface area contributed by atoms with Gasteiger partial charge in [0.25, 0.3) is 0 Å². The quantitative estimate of drug-likeness (QED) is 0.784. The monoisotopic (exact) mass is 229 g/mol. The molecule has 2 rings (SSSR count). The molecule has 0 saturated heterocycles. The van der Waals surface area contributed by atoms with Crippen LogP contribution in [0.4, 0.5) is 5.69 Å². The van der Waals surface area contributed by atoms with Gasteiger partial charge in [0.15, 0.2) is 5.16 Å². The first-order valence-electron chi connectivity index (χ1n) is 4.40. The second kappa shape index (κ2) is 4.59. The fraction of sp³-hybridized carbons (Fsp3) is 0. The number of hydrogen-bond donors (Lipinski definition) is 1. The van der Waals surface area contributed by atoms with Crippen molar-refractivity contribution in [3.8, 4) is 6.07 Å². The van der Waals surface area contributed by atoms with Crippen molar-refractivity contribution in [1.29, 1.82) is 5.26 Å². The van der Waals surface area contributed by atoms with Crippen molar-refractivity contribution in [2.45, 2.75) is 10.2 Å². The molecule has 0 aliphatic carbocycles. The Morgan fingerprint density at radius 3 is 2.62 bits per heavy atom. The molecule has 0 unspecified atom stereocenters. The third kappa shape index (κ3) is 2.27. The molecule has 0 atom stereocenters. The summed E-state index contributed by atoms with van der Waals surface area (Å²) in [5.41, 5.74) is 6.65. The van der Waals surface area contributed by atoms with Crippen LogP contribution in [-0.2, 0) is 0 Å². The maximum absolute atomic E-state index is 8.67. The summed E-state index contributed by atoms with van der Waals surface area (Å²) in [6.45, 7) is 0. The van der Waals surface area contributed by atoms with Crippen molar-refractivity contribution >= 4 is 17.4 Å². The number of nitrogen functional groups attached to an aromatic ring is 1. The zero-order valence-electron chi connectivity index (χ0n) is 8.16. The van der Waals surface area contributed by atoms with Gasteiger partial charge in [-0.25, -0.2) is 15.0 Å². The first-order chi connectivity index (χ1) is 7.79. The Labute approximate surface area is 96.4 Å². The van der Waals surface area contributed by atoms with E-state index in [4.69, 9.17) is 11.0 Å². The predicted octanol–water partition coefficient (Wildman–Crippen LogP) is 1.48. The maximum Gasteiger partial charge on any atom is 0.193 e. The van der Waals surface area contributed by atoms with E-state index in [2.05, 4.69) is 15.0 Å². The molecular formula is C10H7N5S. The highest BCUT2D eigenvalue weighted by Crippen LogP contribution is 2.27. The van der Waals surface area contributed by atoms with Gasteiger partial charge in [-0.1, -0.05) is 0 Å². The van der Waals surface area contributed by atoms with Crippen LogP contribution in [0.5, 0.6) is 0 Å². The Hall–Kier alpha value is -2.13. The number of pyridine rings is 1. The van der Waals surface area contributed by atoms with Crippen LogP contribution in [0, 0.1) is 11.3 Å². The summed E-state index contributed by atoms with van der Waals surface area (Å²) in [4.78, 5) is 12.2. The topological polar surface area (TPSA) is 88.5 Å². The van der Waals surface area contributed by atoms with E-state index in [9.17, 15) is 0 Å². The summed E-state index contributed by atoms with van der Waals surface area (Å²) >= 11 is 1.27. The predicted molar refractivity (Wildman–Crippen MR) is 59.5 cm³/mol. The van der Waals surface area contributed by atoms with Crippen LogP contribution in [-0.4, -0.2) is 15.0 Å². The Morgan fingerprint density at radius 2 is 2.00 bits per heavy atom. The van der Waals surface area contributed by atoms with Gasteiger partial charge in [0.2, 0.25) is 0 Å². The van der Waals surface area contributed by atoms with Gasteiger partial charge in [-0.15, -0.1) is 0 Å². The number of hydrogen-bond acceptors (Lipinski definition) is 6. The van der Waals surface area contributed by atoms with Gasteiger partial charge < -0.3 is 5.73 Å². The highest BCUT2D eigenvalue weighted by molar-refractivity contribution is 7.99. The molecule has 2 heterocycles. The van der Waals surface area contributed by atoms with Crippen LogP contribution in [0.2, 0.25) is 0 Å². The van der Waals surface area contributed by atoms with Gasteiger partial charge >= 0.3 is 0 Å². The fourth-order valence-electron chi connectivity index (χ4n) is 1.04. The number of aromatic nitrogens is 3. The molecule has 0 radical (unpaired) electrons. The van der Waals surface area contributed by atoms with E-state index in [1.54, 1.807) is 24.5 Å². The minimum absolute atomic E-state index is 0.441. The van der Waals surface area contributed by atoms with Crippen molar-refractivity contribution in [2.24, 2.45) is 0 Å². The van der Waals surface area contributed by atoms with Crippen LogP contribution in [0.3, 0.4) is 0 Å². The molecule has 0 aliphatic heterocycles. The third-order valence-electron chi connectivity index (χ3n) is 1.74. The lowest BCUT2D eigenvalue weighted by atomic mass is 10.3. The fourth-order valence-corrected chi connectivity index (χ4v) is 1.72. The van der Waals surface area contributed by atoms with Gasteiger partial charge in [0, 0.05) is 18.6 Å². The van der Waals surface area contributed by atoms with Gasteiger partial charge in [-0.2, -0.15) is 5.26 Å². The van der Waals surface area contributed by atoms with Crippen LogP contribution in [0.15, 0.2) is 40.9 Å². The highest BCUT2D eigenvalue weighted by Gasteiger charge is 2.06. The molecular weight excluding hydrogens is 222 g/mol. The Kier molecular flexibility index (Phi) is 2.98. The van der Waals surface area contributed by atoms with Crippen molar-refractivity contribution < 1.29 is 0 Å². The van der Waals surface area contributed by atoms with E-state index in [1.165, 1.54) is 18.0 Å². The lowest BCUT2D eigenvalue weighted by molar-refractivity contribution is 0.961. The summed E-state index contributed by atoms with van der Waals surface area (Å²) in [6, 6.07) is 5.29. The van der Waals surface area contributed by atoms with Gasteiger partial charge in [-0.05, 0) is 23.9 Å². The largest absolute Gasteiger partial charge is 0.396 e. The molecule has 2 N–H and O–H groups in total. The number of nitrogens with two attached hydrogens (primary N) is 1. The first kappa shape index (κ1) is 10.4. The molecule has 78 valence electrons. The van der Waals surface area contributed by atoms with Gasteiger partial charge in [0.05, 0.1) is 11.3 Å². The second-order valence-corrected chi connectivity index (χ2v) is 3.82. The van der Waals surface area contributed by atoms with E-state index in [0.717, 1.165) is 0 Å². The summed E-state index contributed by atoms with van der Waals surface area (Å²) in [6.07, 6.45) is 4.77. The van der Waals surface area contributed by atoms with E-state index >= 15 is 0 Å².